The van der Waals surface area contributed by atoms with Crippen LogP contribution in [0.1, 0.15) is 12.5 Å². The molecule has 5 heteroatoms. The van der Waals surface area contributed by atoms with Crippen LogP contribution in [-0.4, -0.2) is 11.8 Å². The predicted molar refractivity (Wildman–Crippen MR) is 84.5 cm³/mol. The molecule has 2 aromatic carbocycles. The van der Waals surface area contributed by atoms with E-state index >= 15 is 0 Å². The van der Waals surface area contributed by atoms with Crippen molar-refractivity contribution < 1.29 is 9.59 Å². The van der Waals surface area contributed by atoms with Gasteiger partial charge in [-0.25, -0.2) is 0 Å². The molecule has 0 saturated heterocycles. The smallest absolute Gasteiger partial charge is 0.314 e. The van der Waals surface area contributed by atoms with Crippen LogP contribution in [0.3, 0.4) is 0 Å². The lowest BCUT2D eigenvalue weighted by atomic mass is 10.1. The molecule has 0 atom stereocenters. The van der Waals surface area contributed by atoms with Crippen molar-refractivity contribution in [1.29, 1.82) is 0 Å². The number of carbonyl (C=O) groups excluding carboxylic acids is 2. The molecule has 0 fully saturated rings. The molecule has 0 aliphatic heterocycles. The summed E-state index contributed by atoms with van der Waals surface area (Å²) in [5.41, 5.74) is 2.01. The lowest BCUT2D eigenvalue weighted by Gasteiger charge is -2.10. The lowest BCUT2D eigenvalue weighted by molar-refractivity contribution is -0.133. The Kier molecular flexibility index (Phi) is 4.95. The van der Waals surface area contributed by atoms with Crippen LogP contribution in [0.2, 0.25) is 5.02 Å². The highest BCUT2D eigenvalue weighted by molar-refractivity contribution is 6.44. The molecule has 4 nitrogen and oxygen atoms in total. The average Bonchev–Trinajstić information content (AvgIpc) is 2.50. The van der Waals surface area contributed by atoms with Gasteiger partial charge in [-0.3, -0.25) is 9.59 Å². The average molecular weight is 303 g/mol. The van der Waals surface area contributed by atoms with Crippen molar-refractivity contribution in [2.24, 2.45) is 0 Å². The molecule has 2 amide bonds. The number of carbonyl (C=O) groups is 2. The standard InChI is InChI=1S/C16H15ClN2O2/c1-2-11-7-3-5-9-13(11)18-15(20)16(21)19-14-10-6-4-8-12(14)17/h3-10H,2H2,1H3,(H,18,20)(H,19,21). The van der Waals surface area contributed by atoms with Gasteiger partial charge in [0.2, 0.25) is 0 Å². The van der Waals surface area contributed by atoms with Crippen LogP contribution < -0.4 is 10.6 Å². The summed E-state index contributed by atoms with van der Waals surface area (Å²) in [6, 6.07) is 14.1. The zero-order chi connectivity index (χ0) is 15.2. The highest BCUT2D eigenvalue weighted by Gasteiger charge is 2.16. The summed E-state index contributed by atoms with van der Waals surface area (Å²) in [5.74, 6) is -1.48. The van der Waals surface area contributed by atoms with Crippen LogP contribution in [0.5, 0.6) is 0 Å². The van der Waals surface area contributed by atoms with Gasteiger partial charge >= 0.3 is 11.8 Å². The van der Waals surface area contributed by atoms with Gasteiger partial charge in [-0.05, 0) is 30.2 Å². The molecular weight excluding hydrogens is 288 g/mol. The molecule has 2 aromatic rings. The highest BCUT2D eigenvalue weighted by Crippen LogP contribution is 2.20. The maximum Gasteiger partial charge on any atom is 0.314 e. The number of anilines is 2. The fraction of sp³-hybridized carbons (Fsp3) is 0.125. The normalized spacial score (nSPS) is 10.0. The third kappa shape index (κ3) is 3.83. The summed E-state index contributed by atoms with van der Waals surface area (Å²) in [6.07, 6.45) is 0.766. The molecule has 0 aliphatic carbocycles. The van der Waals surface area contributed by atoms with E-state index in [1.807, 2.05) is 19.1 Å². The van der Waals surface area contributed by atoms with Crippen molar-refractivity contribution in [3.05, 3.63) is 59.1 Å². The minimum Gasteiger partial charge on any atom is -0.318 e. The van der Waals surface area contributed by atoms with Crippen molar-refractivity contribution >= 4 is 34.8 Å². The van der Waals surface area contributed by atoms with Crippen LogP contribution in [0.15, 0.2) is 48.5 Å². The molecule has 0 saturated carbocycles. The highest BCUT2D eigenvalue weighted by atomic mass is 35.5. The van der Waals surface area contributed by atoms with E-state index in [2.05, 4.69) is 10.6 Å². The van der Waals surface area contributed by atoms with E-state index in [0.717, 1.165) is 12.0 Å². The van der Waals surface area contributed by atoms with Crippen molar-refractivity contribution in [2.45, 2.75) is 13.3 Å². The monoisotopic (exact) mass is 302 g/mol. The number of amides is 2. The summed E-state index contributed by atoms with van der Waals surface area (Å²) in [7, 11) is 0. The molecule has 108 valence electrons. The molecule has 2 rings (SSSR count). The number of hydrogen-bond donors (Lipinski definition) is 2. The van der Waals surface area contributed by atoms with Gasteiger partial charge in [-0.2, -0.15) is 0 Å². The first kappa shape index (κ1) is 15.1. The zero-order valence-electron chi connectivity index (χ0n) is 11.5. The molecule has 0 spiro atoms. The van der Waals surface area contributed by atoms with Crippen LogP contribution >= 0.6 is 11.6 Å². The second kappa shape index (κ2) is 6.90. The second-order valence-corrected chi connectivity index (χ2v) is 4.81. The molecule has 2 N–H and O–H groups in total. The minimum atomic E-state index is -0.756. The molecule has 0 unspecified atom stereocenters. The Morgan fingerprint density at radius 1 is 0.905 bits per heavy atom. The van der Waals surface area contributed by atoms with Gasteiger partial charge in [-0.1, -0.05) is 48.9 Å². The van der Waals surface area contributed by atoms with Crippen molar-refractivity contribution in [2.75, 3.05) is 10.6 Å². The van der Waals surface area contributed by atoms with Gasteiger partial charge in [0.15, 0.2) is 0 Å². The zero-order valence-corrected chi connectivity index (χ0v) is 12.3. The molecule has 0 aliphatic rings. The Morgan fingerprint density at radius 3 is 2.05 bits per heavy atom. The summed E-state index contributed by atoms with van der Waals surface area (Å²) in [5, 5.41) is 5.47. The lowest BCUT2D eigenvalue weighted by Crippen LogP contribution is -2.29. The number of rotatable bonds is 3. The number of hydrogen-bond acceptors (Lipinski definition) is 2. The Labute approximate surface area is 128 Å². The first-order valence-electron chi connectivity index (χ1n) is 6.56. The number of nitrogens with one attached hydrogen (secondary N) is 2. The summed E-state index contributed by atoms with van der Waals surface area (Å²) >= 11 is 5.93. The van der Waals surface area contributed by atoms with Gasteiger partial charge in [0.1, 0.15) is 0 Å². The number of aryl methyl sites for hydroxylation is 1. The van der Waals surface area contributed by atoms with E-state index in [4.69, 9.17) is 11.6 Å². The number of para-hydroxylation sites is 2. The van der Waals surface area contributed by atoms with Crippen molar-refractivity contribution in [3.8, 4) is 0 Å². The van der Waals surface area contributed by atoms with E-state index < -0.39 is 11.8 Å². The van der Waals surface area contributed by atoms with E-state index in [9.17, 15) is 9.59 Å². The first-order valence-corrected chi connectivity index (χ1v) is 6.94. The molecule has 0 radical (unpaired) electrons. The number of benzene rings is 2. The SMILES string of the molecule is CCc1ccccc1NC(=O)C(=O)Nc1ccccc1Cl. The molecule has 0 heterocycles. The fourth-order valence-corrected chi connectivity index (χ4v) is 2.05. The third-order valence-electron chi connectivity index (χ3n) is 2.97. The van der Waals surface area contributed by atoms with Gasteiger partial charge in [0, 0.05) is 5.69 Å². The summed E-state index contributed by atoms with van der Waals surface area (Å²) in [6.45, 7) is 1.98. The van der Waals surface area contributed by atoms with Crippen LogP contribution in [-0.2, 0) is 16.0 Å². The van der Waals surface area contributed by atoms with E-state index in [0.29, 0.717) is 16.4 Å². The Balaban J connectivity index is 2.07. The molecule has 21 heavy (non-hydrogen) atoms. The quantitative estimate of drug-likeness (QED) is 0.853. The van der Waals surface area contributed by atoms with Crippen molar-refractivity contribution in [3.63, 3.8) is 0 Å². The van der Waals surface area contributed by atoms with Gasteiger partial charge in [-0.15, -0.1) is 0 Å². The van der Waals surface area contributed by atoms with Crippen LogP contribution in [0.4, 0.5) is 11.4 Å². The maximum absolute atomic E-state index is 11.9. The minimum absolute atomic E-state index is 0.382. The van der Waals surface area contributed by atoms with Crippen LogP contribution in [0, 0.1) is 0 Å². The summed E-state index contributed by atoms with van der Waals surface area (Å²) < 4.78 is 0. The Hall–Kier alpha value is -2.33. The van der Waals surface area contributed by atoms with E-state index in [1.165, 1.54) is 0 Å². The predicted octanol–water partition coefficient (Wildman–Crippen LogP) is 3.48. The summed E-state index contributed by atoms with van der Waals surface area (Å²) in [4.78, 5) is 23.8. The molecular formula is C16H15ClN2O2. The van der Waals surface area contributed by atoms with E-state index in [-0.39, 0.29) is 0 Å². The van der Waals surface area contributed by atoms with Gasteiger partial charge in [0.25, 0.3) is 0 Å². The van der Waals surface area contributed by atoms with Gasteiger partial charge < -0.3 is 10.6 Å². The second-order valence-electron chi connectivity index (χ2n) is 4.40. The maximum atomic E-state index is 11.9. The van der Waals surface area contributed by atoms with Gasteiger partial charge in [0.05, 0.1) is 10.7 Å². The molecule has 0 aromatic heterocycles. The fourth-order valence-electron chi connectivity index (χ4n) is 1.87. The Bertz CT molecular complexity index is 671. The van der Waals surface area contributed by atoms with Crippen molar-refractivity contribution in [1.82, 2.24) is 0 Å². The topological polar surface area (TPSA) is 58.2 Å². The van der Waals surface area contributed by atoms with E-state index in [1.54, 1.807) is 36.4 Å². The number of halogens is 1. The third-order valence-corrected chi connectivity index (χ3v) is 3.30. The first-order chi connectivity index (χ1) is 10.1. The Morgan fingerprint density at radius 2 is 1.43 bits per heavy atom. The van der Waals surface area contributed by atoms with Crippen LogP contribution in [0.25, 0.3) is 0 Å². The largest absolute Gasteiger partial charge is 0.318 e. The molecule has 0 bridgehead atoms.